The Morgan fingerprint density at radius 1 is 1.29 bits per heavy atom. The summed E-state index contributed by atoms with van der Waals surface area (Å²) in [5.74, 6) is 0. The lowest BCUT2D eigenvalue weighted by Crippen LogP contribution is -2.32. The first-order chi connectivity index (χ1) is 8.11. The molecular formula is C12H15Cl2NO2. The Morgan fingerprint density at radius 2 is 1.94 bits per heavy atom. The van der Waals surface area contributed by atoms with Crippen LogP contribution >= 0.6 is 23.2 Å². The van der Waals surface area contributed by atoms with Gasteiger partial charge >= 0.3 is 0 Å². The van der Waals surface area contributed by atoms with Gasteiger partial charge in [0.25, 0.3) is 0 Å². The second kappa shape index (κ2) is 5.55. The van der Waals surface area contributed by atoms with E-state index in [9.17, 15) is 10.2 Å². The minimum absolute atomic E-state index is 0.0164. The fourth-order valence-corrected chi connectivity index (χ4v) is 2.74. The Kier molecular flexibility index (Phi) is 4.28. The number of hydrogen-bond acceptors (Lipinski definition) is 3. The molecule has 0 aliphatic carbocycles. The topological polar surface area (TPSA) is 43.7 Å². The molecule has 0 unspecified atom stereocenters. The molecule has 0 saturated carbocycles. The van der Waals surface area contributed by atoms with Crippen molar-refractivity contribution >= 4 is 23.2 Å². The van der Waals surface area contributed by atoms with E-state index in [4.69, 9.17) is 23.2 Å². The van der Waals surface area contributed by atoms with E-state index < -0.39 is 0 Å². The van der Waals surface area contributed by atoms with Gasteiger partial charge in [0.15, 0.2) is 0 Å². The van der Waals surface area contributed by atoms with Crippen molar-refractivity contribution in [3.63, 3.8) is 0 Å². The second-order valence-electron chi connectivity index (χ2n) is 4.36. The number of β-amino-alcohol motifs (C(OH)–C–C–N with tert-alkyl or cyclic N) is 1. The van der Waals surface area contributed by atoms with Crippen molar-refractivity contribution in [3.8, 4) is 0 Å². The van der Waals surface area contributed by atoms with Crippen molar-refractivity contribution in [1.82, 2.24) is 4.90 Å². The first-order valence-corrected chi connectivity index (χ1v) is 6.33. The van der Waals surface area contributed by atoms with Gasteiger partial charge in [-0.25, -0.2) is 0 Å². The van der Waals surface area contributed by atoms with Crippen molar-refractivity contribution in [2.75, 3.05) is 13.2 Å². The zero-order chi connectivity index (χ0) is 12.4. The maximum Gasteiger partial charge on any atom is 0.0683 e. The predicted molar refractivity (Wildman–Crippen MR) is 68.4 cm³/mol. The molecule has 1 aromatic carbocycles. The third kappa shape index (κ3) is 2.92. The zero-order valence-corrected chi connectivity index (χ0v) is 10.8. The van der Waals surface area contributed by atoms with Gasteiger partial charge in [-0.05, 0) is 18.6 Å². The number of aliphatic hydroxyl groups excluding tert-OH is 2. The molecule has 0 spiro atoms. The van der Waals surface area contributed by atoms with Crippen molar-refractivity contribution in [2.24, 2.45) is 0 Å². The van der Waals surface area contributed by atoms with Crippen molar-refractivity contribution in [3.05, 3.63) is 33.8 Å². The van der Waals surface area contributed by atoms with Crippen molar-refractivity contribution in [2.45, 2.75) is 25.1 Å². The normalized spacial score (nSPS) is 25.4. The lowest BCUT2D eigenvalue weighted by Gasteiger charge is -2.23. The summed E-state index contributed by atoms with van der Waals surface area (Å²) in [7, 11) is 0. The Morgan fingerprint density at radius 3 is 2.53 bits per heavy atom. The number of aliphatic hydroxyl groups is 2. The highest BCUT2D eigenvalue weighted by Crippen LogP contribution is 2.28. The standard InChI is InChI=1S/C12H15Cl2NO2/c13-11-2-1-3-12(14)10(11)6-15-5-9(17)4-8(15)7-16/h1-3,8-9,16-17H,4-7H2/t8-,9+/m0/s1. The molecule has 1 aliphatic heterocycles. The molecule has 1 fully saturated rings. The molecule has 1 aliphatic rings. The fourth-order valence-electron chi connectivity index (χ4n) is 2.23. The van der Waals surface area contributed by atoms with Crippen LogP contribution in [-0.2, 0) is 6.54 Å². The highest BCUT2D eigenvalue weighted by atomic mass is 35.5. The third-order valence-electron chi connectivity index (χ3n) is 3.14. The molecule has 0 radical (unpaired) electrons. The van der Waals surface area contributed by atoms with Crippen LogP contribution in [0.5, 0.6) is 0 Å². The number of nitrogens with zero attached hydrogens (tertiary/aromatic N) is 1. The largest absolute Gasteiger partial charge is 0.395 e. The van der Waals surface area contributed by atoms with Crippen LogP contribution in [0.2, 0.25) is 10.0 Å². The molecule has 0 aromatic heterocycles. The smallest absolute Gasteiger partial charge is 0.0683 e. The maximum atomic E-state index is 9.60. The predicted octanol–water partition coefficient (Wildman–Crippen LogP) is 1.92. The summed E-state index contributed by atoms with van der Waals surface area (Å²) in [6.45, 7) is 1.15. The molecule has 2 rings (SSSR count). The zero-order valence-electron chi connectivity index (χ0n) is 9.31. The van der Waals surface area contributed by atoms with Crippen LogP contribution in [0.15, 0.2) is 18.2 Å². The molecular weight excluding hydrogens is 261 g/mol. The number of hydrogen-bond donors (Lipinski definition) is 2. The van der Waals surface area contributed by atoms with Crippen LogP contribution in [0.25, 0.3) is 0 Å². The van der Waals surface area contributed by atoms with Crippen LogP contribution in [0, 0.1) is 0 Å². The summed E-state index contributed by atoms with van der Waals surface area (Å²) in [4.78, 5) is 2.01. The molecule has 17 heavy (non-hydrogen) atoms. The lowest BCUT2D eigenvalue weighted by molar-refractivity contribution is 0.150. The first kappa shape index (κ1) is 13.1. The number of likely N-dealkylation sites (tertiary alicyclic amines) is 1. The SMILES string of the molecule is OC[C@@H]1C[C@@H](O)CN1Cc1c(Cl)cccc1Cl. The van der Waals surface area contributed by atoms with E-state index in [1.165, 1.54) is 0 Å². The Bertz CT molecular complexity index is 380. The van der Waals surface area contributed by atoms with E-state index in [0.717, 1.165) is 5.56 Å². The molecule has 3 nitrogen and oxygen atoms in total. The van der Waals surface area contributed by atoms with Gasteiger partial charge < -0.3 is 10.2 Å². The molecule has 0 amide bonds. The first-order valence-electron chi connectivity index (χ1n) is 5.57. The van der Waals surface area contributed by atoms with Gasteiger partial charge in [0, 0.05) is 34.7 Å². The molecule has 1 aromatic rings. The van der Waals surface area contributed by atoms with E-state index in [2.05, 4.69) is 0 Å². The van der Waals surface area contributed by atoms with E-state index >= 15 is 0 Å². The second-order valence-corrected chi connectivity index (χ2v) is 5.17. The average Bonchev–Trinajstić information content (AvgIpc) is 2.64. The van der Waals surface area contributed by atoms with E-state index in [0.29, 0.717) is 29.6 Å². The number of halogens is 2. The van der Waals surface area contributed by atoms with Gasteiger partial charge in [0.05, 0.1) is 12.7 Å². The summed E-state index contributed by atoms with van der Waals surface area (Å²) in [5.41, 5.74) is 0.850. The van der Waals surface area contributed by atoms with Crippen LogP contribution in [0.1, 0.15) is 12.0 Å². The Balaban J connectivity index is 2.15. The van der Waals surface area contributed by atoms with E-state index in [1.54, 1.807) is 18.2 Å². The van der Waals surface area contributed by atoms with E-state index in [1.807, 2.05) is 4.90 Å². The lowest BCUT2D eigenvalue weighted by atomic mass is 10.2. The molecule has 2 atom stereocenters. The monoisotopic (exact) mass is 275 g/mol. The third-order valence-corrected chi connectivity index (χ3v) is 3.85. The van der Waals surface area contributed by atoms with Gasteiger partial charge in [0.1, 0.15) is 0 Å². The highest BCUT2D eigenvalue weighted by molar-refractivity contribution is 6.35. The van der Waals surface area contributed by atoms with Gasteiger partial charge in [-0.3, -0.25) is 4.90 Å². The molecule has 94 valence electrons. The summed E-state index contributed by atoms with van der Waals surface area (Å²) in [6.07, 6.45) is 0.215. The van der Waals surface area contributed by atoms with E-state index in [-0.39, 0.29) is 18.8 Å². The summed E-state index contributed by atoms with van der Waals surface area (Å²) >= 11 is 12.2. The quantitative estimate of drug-likeness (QED) is 0.886. The van der Waals surface area contributed by atoms with Crippen molar-refractivity contribution in [1.29, 1.82) is 0 Å². The minimum Gasteiger partial charge on any atom is -0.395 e. The van der Waals surface area contributed by atoms with Gasteiger partial charge in [-0.1, -0.05) is 29.3 Å². The molecule has 0 bridgehead atoms. The summed E-state index contributed by atoms with van der Waals surface area (Å²) < 4.78 is 0. The van der Waals surface area contributed by atoms with Crippen LogP contribution in [0.3, 0.4) is 0 Å². The van der Waals surface area contributed by atoms with Crippen LogP contribution in [0.4, 0.5) is 0 Å². The van der Waals surface area contributed by atoms with Gasteiger partial charge in [0.2, 0.25) is 0 Å². The molecule has 5 heteroatoms. The highest BCUT2D eigenvalue weighted by Gasteiger charge is 2.30. The average molecular weight is 276 g/mol. The Hall–Kier alpha value is -0.320. The number of benzene rings is 1. The molecule has 1 heterocycles. The Labute approximate surface area is 111 Å². The van der Waals surface area contributed by atoms with Crippen LogP contribution < -0.4 is 0 Å². The molecule has 1 saturated heterocycles. The summed E-state index contributed by atoms with van der Waals surface area (Å²) in [6, 6.07) is 5.38. The number of rotatable bonds is 3. The van der Waals surface area contributed by atoms with Gasteiger partial charge in [-0.2, -0.15) is 0 Å². The fraction of sp³-hybridized carbons (Fsp3) is 0.500. The summed E-state index contributed by atoms with van der Waals surface area (Å²) in [5, 5.41) is 20.1. The van der Waals surface area contributed by atoms with Gasteiger partial charge in [-0.15, -0.1) is 0 Å². The molecule has 2 N–H and O–H groups in total. The van der Waals surface area contributed by atoms with Crippen molar-refractivity contribution < 1.29 is 10.2 Å². The minimum atomic E-state index is -0.381. The van der Waals surface area contributed by atoms with Crippen LogP contribution in [-0.4, -0.2) is 40.4 Å². The maximum absolute atomic E-state index is 9.60.